The maximum atomic E-state index is 12.0. The average Bonchev–Trinajstić information content (AvgIpc) is 3.16. The van der Waals surface area contributed by atoms with Crippen LogP contribution in [0.25, 0.3) is 5.95 Å². The molecule has 2 aromatic heterocycles. The first-order chi connectivity index (χ1) is 11.7. The fourth-order valence-electron chi connectivity index (χ4n) is 2.17. The molecule has 7 heteroatoms. The number of benzene rings is 1. The van der Waals surface area contributed by atoms with Crippen LogP contribution in [0.15, 0.2) is 55.4 Å². The molecule has 1 amide bonds. The summed E-state index contributed by atoms with van der Waals surface area (Å²) in [7, 11) is 1.63. The standard InChI is InChI=1S/C17H17N5O2/c1-24-15-5-2-13(3-6-15)4-7-16(23)21-14-10-19-17(20-11-14)22-9-8-18-12-22/h2-3,5-6,8-12H,4,7H2,1H3,(H,21,23). The van der Waals surface area contributed by atoms with Crippen LogP contribution in [0.5, 0.6) is 5.75 Å². The Balaban J connectivity index is 1.52. The molecule has 122 valence electrons. The molecule has 0 unspecified atom stereocenters. The Bertz CT molecular complexity index is 783. The number of methoxy groups -OCH3 is 1. The molecule has 2 heterocycles. The van der Waals surface area contributed by atoms with Crippen molar-refractivity contribution in [3.63, 3.8) is 0 Å². The number of hydrogen-bond donors (Lipinski definition) is 1. The predicted molar refractivity (Wildman–Crippen MR) is 89.1 cm³/mol. The first kappa shape index (κ1) is 15.7. The minimum Gasteiger partial charge on any atom is -0.497 e. The summed E-state index contributed by atoms with van der Waals surface area (Å²) < 4.78 is 6.80. The fourth-order valence-corrected chi connectivity index (χ4v) is 2.17. The SMILES string of the molecule is COc1ccc(CCC(=O)Nc2cnc(-n3ccnc3)nc2)cc1. The number of nitrogens with zero attached hydrogens (tertiary/aromatic N) is 4. The van der Waals surface area contributed by atoms with Crippen molar-refractivity contribution in [1.82, 2.24) is 19.5 Å². The Morgan fingerprint density at radius 1 is 1.21 bits per heavy atom. The minimum atomic E-state index is -0.0789. The summed E-state index contributed by atoms with van der Waals surface area (Å²) in [5.74, 6) is 1.23. The number of carbonyl (C=O) groups excluding carboxylic acids is 1. The predicted octanol–water partition coefficient (Wildman–Crippen LogP) is 2.24. The van der Waals surface area contributed by atoms with E-state index in [1.54, 1.807) is 42.8 Å². The van der Waals surface area contributed by atoms with Crippen molar-refractivity contribution in [2.75, 3.05) is 12.4 Å². The van der Waals surface area contributed by atoms with E-state index in [4.69, 9.17) is 4.74 Å². The van der Waals surface area contributed by atoms with Gasteiger partial charge in [-0.2, -0.15) is 0 Å². The molecule has 0 saturated heterocycles. The third kappa shape index (κ3) is 3.95. The molecule has 0 atom stereocenters. The van der Waals surface area contributed by atoms with E-state index in [0.717, 1.165) is 11.3 Å². The van der Waals surface area contributed by atoms with Crippen LogP contribution >= 0.6 is 0 Å². The highest BCUT2D eigenvalue weighted by Crippen LogP contribution is 2.13. The number of carbonyl (C=O) groups is 1. The second-order valence-electron chi connectivity index (χ2n) is 5.14. The molecule has 0 saturated carbocycles. The summed E-state index contributed by atoms with van der Waals surface area (Å²) >= 11 is 0. The van der Waals surface area contributed by atoms with E-state index in [0.29, 0.717) is 24.5 Å². The lowest BCUT2D eigenvalue weighted by atomic mass is 10.1. The number of aryl methyl sites for hydroxylation is 1. The summed E-state index contributed by atoms with van der Waals surface area (Å²) in [6.07, 6.45) is 9.21. The second-order valence-corrected chi connectivity index (χ2v) is 5.14. The highest BCUT2D eigenvalue weighted by Gasteiger charge is 2.05. The maximum Gasteiger partial charge on any atom is 0.234 e. The van der Waals surface area contributed by atoms with Crippen LogP contribution < -0.4 is 10.1 Å². The zero-order valence-corrected chi connectivity index (χ0v) is 13.2. The van der Waals surface area contributed by atoms with E-state index < -0.39 is 0 Å². The van der Waals surface area contributed by atoms with Gasteiger partial charge in [-0.25, -0.2) is 15.0 Å². The summed E-state index contributed by atoms with van der Waals surface area (Å²) in [5.41, 5.74) is 1.65. The van der Waals surface area contributed by atoms with Gasteiger partial charge in [0.15, 0.2) is 0 Å². The van der Waals surface area contributed by atoms with Crippen LogP contribution in [0.4, 0.5) is 5.69 Å². The van der Waals surface area contributed by atoms with Gasteiger partial charge in [-0.15, -0.1) is 0 Å². The number of nitrogens with one attached hydrogen (secondary N) is 1. The molecule has 0 spiro atoms. The summed E-state index contributed by atoms with van der Waals surface area (Å²) in [5, 5.41) is 2.79. The van der Waals surface area contributed by atoms with Crippen molar-refractivity contribution in [2.24, 2.45) is 0 Å². The van der Waals surface area contributed by atoms with E-state index >= 15 is 0 Å². The van der Waals surface area contributed by atoms with Crippen LogP contribution in [0.2, 0.25) is 0 Å². The van der Waals surface area contributed by atoms with Gasteiger partial charge in [-0.05, 0) is 24.1 Å². The Labute approximate surface area is 139 Å². The normalized spacial score (nSPS) is 10.4. The van der Waals surface area contributed by atoms with E-state index in [9.17, 15) is 4.79 Å². The van der Waals surface area contributed by atoms with E-state index in [2.05, 4.69) is 20.3 Å². The largest absolute Gasteiger partial charge is 0.497 e. The van der Waals surface area contributed by atoms with Crippen molar-refractivity contribution in [3.8, 4) is 11.7 Å². The number of hydrogen-bond acceptors (Lipinski definition) is 5. The van der Waals surface area contributed by atoms with Crippen molar-refractivity contribution in [1.29, 1.82) is 0 Å². The van der Waals surface area contributed by atoms with E-state index in [-0.39, 0.29) is 5.91 Å². The molecule has 0 aliphatic heterocycles. The van der Waals surface area contributed by atoms with Gasteiger partial charge in [0.25, 0.3) is 0 Å². The zero-order valence-electron chi connectivity index (χ0n) is 13.2. The number of aromatic nitrogens is 4. The number of rotatable bonds is 6. The van der Waals surface area contributed by atoms with Crippen LogP contribution in [0.3, 0.4) is 0 Å². The smallest absolute Gasteiger partial charge is 0.234 e. The summed E-state index contributed by atoms with van der Waals surface area (Å²) in [4.78, 5) is 24.3. The van der Waals surface area contributed by atoms with Crippen molar-refractivity contribution in [3.05, 3.63) is 60.9 Å². The van der Waals surface area contributed by atoms with Gasteiger partial charge in [0.1, 0.15) is 12.1 Å². The first-order valence-corrected chi connectivity index (χ1v) is 7.48. The minimum absolute atomic E-state index is 0.0789. The van der Waals surface area contributed by atoms with Crippen molar-refractivity contribution < 1.29 is 9.53 Å². The third-order valence-electron chi connectivity index (χ3n) is 3.46. The lowest BCUT2D eigenvalue weighted by Gasteiger charge is -2.06. The lowest BCUT2D eigenvalue weighted by molar-refractivity contribution is -0.116. The Hall–Kier alpha value is -3.22. The van der Waals surface area contributed by atoms with Gasteiger partial charge in [0.2, 0.25) is 11.9 Å². The van der Waals surface area contributed by atoms with E-state index in [1.807, 2.05) is 24.3 Å². The van der Waals surface area contributed by atoms with Crippen molar-refractivity contribution >= 4 is 11.6 Å². The number of anilines is 1. The Morgan fingerprint density at radius 2 is 1.96 bits per heavy atom. The van der Waals surface area contributed by atoms with Gasteiger partial charge < -0.3 is 10.1 Å². The molecule has 0 bridgehead atoms. The zero-order chi connectivity index (χ0) is 16.8. The number of imidazole rings is 1. The first-order valence-electron chi connectivity index (χ1n) is 7.48. The molecule has 0 radical (unpaired) electrons. The van der Waals surface area contributed by atoms with Crippen LogP contribution in [-0.2, 0) is 11.2 Å². The molecule has 3 aromatic rings. The number of ether oxygens (including phenoxy) is 1. The Kier molecular flexibility index (Phi) is 4.81. The highest BCUT2D eigenvalue weighted by atomic mass is 16.5. The molecule has 7 nitrogen and oxygen atoms in total. The van der Waals surface area contributed by atoms with Crippen molar-refractivity contribution in [2.45, 2.75) is 12.8 Å². The lowest BCUT2D eigenvalue weighted by Crippen LogP contribution is -2.13. The molecule has 1 N–H and O–H groups in total. The molecule has 0 aliphatic rings. The molecule has 24 heavy (non-hydrogen) atoms. The third-order valence-corrected chi connectivity index (χ3v) is 3.46. The molecule has 1 aromatic carbocycles. The maximum absolute atomic E-state index is 12.0. The number of amides is 1. The van der Waals surface area contributed by atoms with Crippen LogP contribution in [-0.4, -0.2) is 32.5 Å². The highest BCUT2D eigenvalue weighted by molar-refractivity contribution is 5.90. The van der Waals surface area contributed by atoms with Gasteiger partial charge >= 0.3 is 0 Å². The molecule has 3 rings (SSSR count). The van der Waals surface area contributed by atoms with Gasteiger partial charge in [-0.3, -0.25) is 9.36 Å². The molecular weight excluding hydrogens is 306 g/mol. The monoisotopic (exact) mass is 323 g/mol. The molecular formula is C17H17N5O2. The van der Waals surface area contributed by atoms with Crippen LogP contribution in [0.1, 0.15) is 12.0 Å². The molecule has 0 fully saturated rings. The fraction of sp³-hybridized carbons (Fsp3) is 0.176. The molecule has 0 aliphatic carbocycles. The summed E-state index contributed by atoms with van der Waals surface area (Å²) in [6.45, 7) is 0. The van der Waals surface area contributed by atoms with Crippen LogP contribution in [0, 0.1) is 0 Å². The topological polar surface area (TPSA) is 81.9 Å². The van der Waals surface area contributed by atoms with Gasteiger partial charge in [-0.1, -0.05) is 12.1 Å². The Morgan fingerprint density at radius 3 is 2.58 bits per heavy atom. The quantitative estimate of drug-likeness (QED) is 0.752. The van der Waals surface area contributed by atoms with Gasteiger partial charge in [0.05, 0.1) is 25.2 Å². The van der Waals surface area contributed by atoms with Gasteiger partial charge in [0, 0.05) is 18.8 Å². The average molecular weight is 323 g/mol. The second kappa shape index (κ2) is 7.36. The summed E-state index contributed by atoms with van der Waals surface area (Å²) in [6, 6.07) is 7.68. The van der Waals surface area contributed by atoms with E-state index in [1.165, 1.54) is 0 Å².